The lowest BCUT2D eigenvalue weighted by Crippen LogP contribution is -2.06. The minimum atomic E-state index is -2.93. The Bertz CT molecular complexity index is 383. The summed E-state index contributed by atoms with van der Waals surface area (Å²) in [6, 6.07) is 0. The number of pyridine rings is 1. The van der Waals surface area contributed by atoms with Crippen molar-refractivity contribution in [2.75, 3.05) is 0 Å². The molecule has 0 saturated carbocycles. The summed E-state index contributed by atoms with van der Waals surface area (Å²) in [5, 5.41) is 17.6. The molecule has 0 saturated heterocycles. The fraction of sp³-hybridized carbons (Fsp3) is 0.143. The first-order valence-corrected chi connectivity index (χ1v) is 4.41. The topological polar surface area (TPSA) is 70.4 Å². The van der Waals surface area contributed by atoms with Gasteiger partial charge in [-0.3, -0.25) is 0 Å². The summed E-state index contributed by atoms with van der Waals surface area (Å²) in [5.41, 5.74) is -1.18. The Morgan fingerprint density at radius 2 is 2.14 bits per heavy atom. The van der Waals surface area contributed by atoms with Crippen molar-refractivity contribution >= 4 is 28.6 Å². The highest BCUT2D eigenvalue weighted by Crippen LogP contribution is 2.32. The number of alkyl halides is 2. The Morgan fingerprint density at radius 3 is 2.57 bits per heavy atom. The van der Waals surface area contributed by atoms with Crippen LogP contribution in [0, 0.1) is 3.57 Å². The lowest BCUT2D eigenvalue weighted by Gasteiger charge is -2.07. The zero-order valence-corrected chi connectivity index (χ0v) is 8.70. The Labute approximate surface area is 90.7 Å². The monoisotopic (exact) mass is 315 g/mol. The summed E-state index contributed by atoms with van der Waals surface area (Å²) >= 11 is 1.41. The van der Waals surface area contributed by atoms with Crippen LogP contribution in [0.3, 0.4) is 0 Å². The largest absolute Gasteiger partial charge is 0.506 e. The average molecular weight is 315 g/mol. The average Bonchev–Trinajstić information content (AvgIpc) is 2.02. The van der Waals surface area contributed by atoms with E-state index in [0.29, 0.717) is 6.20 Å². The van der Waals surface area contributed by atoms with Crippen molar-refractivity contribution in [3.63, 3.8) is 0 Å². The van der Waals surface area contributed by atoms with Crippen molar-refractivity contribution in [2.24, 2.45) is 0 Å². The number of carboxylic acid groups (broad SMARTS) is 1. The number of halogens is 3. The molecule has 14 heavy (non-hydrogen) atoms. The molecule has 0 radical (unpaired) electrons. The van der Waals surface area contributed by atoms with Gasteiger partial charge in [0.1, 0.15) is 5.75 Å². The smallest absolute Gasteiger partial charge is 0.355 e. The Hall–Kier alpha value is -0.990. The molecule has 0 fully saturated rings. The van der Waals surface area contributed by atoms with Gasteiger partial charge >= 0.3 is 5.97 Å². The SMILES string of the molecule is O=C(O)c1ncc(O)c(C(F)F)c1I. The summed E-state index contributed by atoms with van der Waals surface area (Å²) in [5.74, 6) is -2.11. The van der Waals surface area contributed by atoms with Crippen molar-refractivity contribution in [3.05, 3.63) is 21.0 Å². The zero-order valence-electron chi connectivity index (χ0n) is 6.54. The first-order valence-electron chi connectivity index (χ1n) is 3.34. The van der Waals surface area contributed by atoms with Gasteiger partial charge in [-0.1, -0.05) is 0 Å². The number of aromatic nitrogens is 1. The molecule has 1 rings (SSSR count). The summed E-state index contributed by atoms with van der Waals surface area (Å²) in [6.45, 7) is 0. The zero-order chi connectivity index (χ0) is 10.9. The summed E-state index contributed by atoms with van der Waals surface area (Å²) in [4.78, 5) is 13.8. The van der Waals surface area contributed by atoms with Crippen molar-refractivity contribution in [2.45, 2.75) is 6.43 Å². The van der Waals surface area contributed by atoms with Crippen molar-refractivity contribution < 1.29 is 23.8 Å². The van der Waals surface area contributed by atoms with E-state index < -0.39 is 29.4 Å². The molecule has 1 aromatic heterocycles. The number of nitrogens with zero attached hydrogens (tertiary/aromatic N) is 1. The highest BCUT2D eigenvalue weighted by Gasteiger charge is 2.23. The number of hydrogen-bond acceptors (Lipinski definition) is 3. The van der Waals surface area contributed by atoms with Gasteiger partial charge in [0.25, 0.3) is 6.43 Å². The first kappa shape index (κ1) is 11.1. The summed E-state index contributed by atoms with van der Waals surface area (Å²) < 4.78 is 24.4. The van der Waals surface area contributed by atoms with Crippen LogP contribution in [-0.4, -0.2) is 21.2 Å². The van der Waals surface area contributed by atoms with Crippen LogP contribution in [0.2, 0.25) is 0 Å². The number of carboxylic acids is 1. The molecule has 7 heteroatoms. The van der Waals surface area contributed by atoms with Gasteiger partial charge in [-0.15, -0.1) is 0 Å². The quantitative estimate of drug-likeness (QED) is 0.819. The molecular formula is C7H4F2INO3. The van der Waals surface area contributed by atoms with Gasteiger partial charge in [0.15, 0.2) is 5.69 Å². The van der Waals surface area contributed by atoms with E-state index >= 15 is 0 Å². The van der Waals surface area contributed by atoms with Crippen LogP contribution in [0.25, 0.3) is 0 Å². The lowest BCUT2D eigenvalue weighted by atomic mass is 10.2. The van der Waals surface area contributed by atoms with Crippen LogP contribution in [0.5, 0.6) is 5.75 Å². The molecule has 0 aliphatic heterocycles. The number of aromatic hydroxyl groups is 1. The second kappa shape index (κ2) is 4.03. The third kappa shape index (κ3) is 1.91. The van der Waals surface area contributed by atoms with Gasteiger partial charge < -0.3 is 10.2 Å². The molecule has 0 aromatic carbocycles. The number of carbonyl (C=O) groups is 1. The third-order valence-electron chi connectivity index (χ3n) is 1.46. The van der Waals surface area contributed by atoms with Gasteiger partial charge in [-0.2, -0.15) is 0 Å². The number of aromatic carboxylic acids is 1. The van der Waals surface area contributed by atoms with E-state index in [2.05, 4.69) is 4.98 Å². The van der Waals surface area contributed by atoms with Crippen LogP contribution in [0.15, 0.2) is 6.20 Å². The van der Waals surface area contributed by atoms with E-state index in [1.54, 1.807) is 0 Å². The molecular weight excluding hydrogens is 311 g/mol. The molecule has 4 nitrogen and oxygen atoms in total. The minimum Gasteiger partial charge on any atom is -0.506 e. The second-order valence-corrected chi connectivity index (χ2v) is 3.40. The van der Waals surface area contributed by atoms with Crippen molar-refractivity contribution in [1.82, 2.24) is 4.98 Å². The molecule has 0 unspecified atom stereocenters. The third-order valence-corrected chi connectivity index (χ3v) is 2.55. The van der Waals surface area contributed by atoms with Crippen LogP contribution >= 0.6 is 22.6 Å². The van der Waals surface area contributed by atoms with Crippen LogP contribution in [0.4, 0.5) is 8.78 Å². The van der Waals surface area contributed by atoms with Gasteiger partial charge in [-0.05, 0) is 22.6 Å². The maximum absolute atomic E-state index is 12.3. The predicted octanol–water partition coefficient (Wildman–Crippen LogP) is 2.03. The normalized spacial score (nSPS) is 10.6. The van der Waals surface area contributed by atoms with Gasteiger partial charge in [-0.25, -0.2) is 18.6 Å². The van der Waals surface area contributed by atoms with Crippen LogP contribution in [0.1, 0.15) is 22.5 Å². The molecule has 0 spiro atoms. The Morgan fingerprint density at radius 1 is 1.57 bits per heavy atom. The van der Waals surface area contributed by atoms with E-state index in [1.807, 2.05) is 0 Å². The summed E-state index contributed by atoms with van der Waals surface area (Å²) in [6.07, 6.45) is -2.23. The molecule has 1 aromatic rings. The molecule has 76 valence electrons. The van der Waals surface area contributed by atoms with Crippen LogP contribution < -0.4 is 0 Å². The van der Waals surface area contributed by atoms with Gasteiger partial charge in [0.05, 0.1) is 15.3 Å². The van der Waals surface area contributed by atoms with Gasteiger partial charge in [0.2, 0.25) is 0 Å². The molecule has 2 N–H and O–H groups in total. The lowest BCUT2D eigenvalue weighted by molar-refractivity contribution is 0.0688. The fourth-order valence-electron chi connectivity index (χ4n) is 0.849. The predicted molar refractivity (Wildman–Crippen MR) is 50.5 cm³/mol. The molecule has 0 bridgehead atoms. The maximum Gasteiger partial charge on any atom is 0.355 e. The molecule has 0 aliphatic rings. The van der Waals surface area contributed by atoms with E-state index in [-0.39, 0.29) is 3.57 Å². The maximum atomic E-state index is 12.3. The van der Waals surface area contributed by atoms with Crippen molar-refractivity contribution in [1.29, 1.82) is 0 Å². The highest BCUT2D eigenvalue weighted by molar-refractivity contribution is 14.1. The van der Waals surface area contributed by atoms with E-state index in [1.165, 1.54) is 22.6 Å². The van der Waals surface area contributed by atoms with Gasteiger partial charge in [0, 0.05) is 0 Å². The minimum absolute atomic E-state index is 0.245. The van der Waals surface area contributed by atoms with E-state index in [4.69, 9.17) is 10.2 Å². The molecule has 0 amide bonds. The first-order chi connectivity index (χ1) is 6.45. The van der Waals surface area contributed by atoms with Crippen molar-refractivity contribution in [3.8, 4) is 5.75 Å². The standard InChI is InChI=1S/C7H4F2INO3/c8-6(9)3-2(12)1-11-5(4(3)10)7(13)14/h1,6,12H,(H,13,14). The Kier molecular flexibility index (Phi) is 3.19. The van der Waals surface area contributed by atoms with Crippen LogP contribution in [-0.2, 0) is 0 Å². The highest BCUT2D eigenvalue weighted by atomic mass is 127. The number of rotatable bonds is 2. The number of hydrogen-bond donors (Lipinski definition) is 2. The second-order valence-electron chi connectivity index (χ2n) is 2.33. The molecule has 1 heterocycles. The molecule has 0 atom stereocenters. The Balaban J connectivity index is 3.41. The fourth-order valence-corrected chi connectivity index (χ4v) is 1.73. The summed E-state index contributed by atoms with van der Waals surface area (Å²) in [7, 11) is 0. The van der Waals surface area contributed by atoms with E-state index in [9.17, 15) is 13.6 Å². The van der Waals surface area contributed by atoms with E-state index in [0.717, 1.165) is 0 Å². The molecule has 0 aliphatic carbocycles.